The molecule has 0 aliphatic heterocycles. The van der Waals surface area contributed by atoms with Crippen LogP contribution in [-0.4, -0.2) is 4.57 Å². The molecule has 3 aliphatic carbocycles. The van der Waals surface area contributed by atoms with Gasteiger partial charge in [0.05, 0.1) is 16.7 Å². The minimum Gasteiger partial charge on any atom is -0.310 e. The van der Waals surface area contributed by atoms with Crippen LogP contribution in [0.4, 0.5) is 17.1 Å². The Labute approximate surface area is 324 Å². The maximum Gasteiger partial charge on any atom is 0.0543 e. The van der Waals surface area contributed by atoms with Gasteiger partial charge in [-0.3, -0.25) is 0 Å². The number of fused-ring (bicyclic) bond motifs is 11. The van der Waals surface area contributed by atoms with Gasteiger partial charge in [0.25, 0.3) is 0 Å². The number of aromatic nitrogens is 1. The van der Waals surface area contributed by atoms with Gasteiger partial charge in [0.1, 0.15) is 0 Å². The number of hydrogen-bond donors (Lipinski definition) is 0. The van der Waals surface area contributed by atoms with Crippen LogP contribution >= 0.6 is 0 Å². The van der Waals surface area contributed by atoms with E-state index in [-0.39, 0.29) is 5.41 Å². The summed E-state index contributed by atoms with van der Waals surface area (Å²) in [7, 11) is 0. The first-order valence-electron chi connectivity index (χ1n) is 20.5. The fraction of sp³-hybridized carbons (Fsp3) is 0.208. The Morgan fingerprint density at radius 3 is 1.91 bits per heavy atom. The Balaban J connectivity index is 1.09. The van der Waals surface area contributed by atoms with Crippen LogP contribution in [0, 0.1) is 17.8 Å². The van der Waals surface area contributed by atoms with Gasteiger partial charge in [-0.2, -0.15) is 0 Å². The van der Waals surface area contributed by atoms with Crippen LogP contribution in [0.25, 0.3) is 49.7 Å². The summed E-state index contributed by atoms with van der Waals surface area (Å²) in [6.45, 7) is 2.42. The van der Waals surface area contributed by atoms with Gasteiger partial charge < -0.3 is 9.47 Å². The highest BCUT2D eigenvalue weighted by molar-refractivity contribution is 6.09. The van der Waals surface area contributed by atoms with Crippen molar-refractivity contribution < 1.29 is 0 Å². The van der Waals surface area contributed by atoms with Gasteiger partial charge in [0.2, 0.25) is 0 Å². The molecule has 7 aromatic carbocycles. The standard InChI is InChI=1S/C53H46N2/c1-2-36-33-37-31-32-53(40(34-36)35-37)47-18-9-6-17-46(47)52-48(53)19-12-22-51(52)54(41-25-23-39(24-26-41)38-13-4-3-5-14-38)42-27-29-43(30-28-42)55-49-20-10-7-15-44(49)45-16-8-11-21-50(45)55/h3-30,36-37,40H,2,31-35H2,1H3. The number of para-hydroxylation sites is 2. The molecule has 2 saturated carbocycles. The summed E-state index contributed by atoms with van der Waals surface area (Å²) in [5.41, 5.74) is 15.8. The highest BCUT2D eigenvalue weighted by Gasteiger charge is 2.53. The van der Waals surface area contributed by atoms with Crippen LogP contribution in [0.2, 0.25) is 0 Å². The van der Waals surface area contributed by atoms with E-state index in [4.69, 9.17) is 0 Å². The summed E-state index contributed by atoms with van der Waals surface area (Å²) in [6.07, 6.45) is 8.03. The topological polar surface area (TPSA) is 8.17 Å². The molecule has 0 saturated heterocycles. The van der Waals surface area contributed by atoms with Crippen LogP contribution < -0.4 is 4.90 Å². The molecule has 1 spiro atoms. The van der Waals surface area contributed by atoms with Crippen molar-refractivity contribution in [3.8, 4) is 27.9 Å². The highest BCUT2D eigenvalue weighted by atomic mass is 15.1. The number of benzene rings is 7. The smallest absolute Gasteiger partial charge is 0.0543 e. The van der Waals surface area contributed by atoms with E-state index in [0.29, 0.717) is 5.92 Å². The average molecular weight is 711 g/mol. The Morgan fingerprint density at radius 2 is 1.18 bits per heavy atom. The van der Waals surface area contributed by atoms with Gasteiger partial charge in [0, 0.05) is 38.8 Å². The summed E-state index contributed by atoms with van der Waals surface area (Å²) in [5, 5.41) is 2.57. The van der Waals surface area contributed by atoms with Crippen LogP contribution in [0.5, 0.6) is 0 Å². The third-order valence-electron chi connectivity index (χ3n) is 13.7. The molecule has 1 heterocycles. The van der Waals surface area contributed by atoms with Gasteiger partial charge in [-0.05, 0) is 132 Å². The normalized spacial score (nSPS) is 21.1. The average Bonchev–Trinajstić information content (AvgIpc) is 3.74. The van der Waals surface area contributed by atoms with Gasteiger partial charge >= 0.3 is 0 Å². The monoisotopic (exact) mass is 710 g/mol. The molecular weight excluding hydrogens is 665 g/mol. The van der Waals surface area contributed by atoms with Crippen LogP contribution in [0.3, 0.4) is 0 Å². The van der Waals surface area contributed by atoms with Crippen molar-refractivity contribution in [3.63, 3.8) is 0 Å². The van der Waals surface area contributed by atoms with Crippen molar-refractivity contribution in [1.82, 2.24) is 4.57 Å². The molecule has 4 unspecified atom stereocenters. The van der Waals surface area contributed by atoms with E-state index >= 15 is 0 Å². The molecule has 2 nitrogen and oxygen atoms in total. The molecule has 2 bridgehead atoms. The Hall–Kier alpha value is -5.86. The van der Waals surface area contributed by atoms with E-state index in [1.165, 1.54) is 99.6 Å². The lowest BCUT2D eigenvalue weighted by Gasteiger charge is -2.51. The fourth-order valence-corrected chi connectivity index (χ4v) is 11.3. The molecule has 55 heavy (non-hydrogen) atoms. The molecule has 1 aromatic heterocycles. The Bertz CT molecular complexity index is 2630. The molecule has 8 aromatic rings. The number of nitrogens with zero attached hydrogens (tertiary/aromatic N) is 2. The Kier molecular flexibility index (Phi) is 7.62. The fourth-order valence-electron chi connectivity index (χ4n) is 11.3. The van der Waals surface area contributed by atoms with Gasteiger partial charge in [-0.1, -0.05) is 129 Å². The SMILES string of the molecule is CCC1CC2CCC3(c4ccccc4-c4c(N(c5ccc(-c6ccccc6)cc5)c5ccc(-n6c7ccccc7c7ccccc76)cc5)cccc43)C(C1)C2. The minimum absolute atomic E-state index is 0.0789. The van der Waals surface area contributed by atoms with Crippen LogP contribution in [0.1, 0.15) is 56.6 Å². The Morgan fingerprint density at radius 1 is 0.564 bits per heavy atom. The first kappa shape index (κ1) is 32.6. The van der Waals surface area contributed by atoms with E-state index < -0.39 is 0 Å². The summed E-state index contributed by atoms with van der Waals surface area (Å²) in [4.78, 5) is 2.53. The van der Waals surface area contributed by atoms with E-state index in [0.717, 1.165) is 17.5 Å². The second-order valence-electron chi connectivity index (χ2n) is 16.4. The molecule has 2 fully saturated rings. The molecule has 2 heteroatoms. The first-order chi connectivity index (χ1) is 27.2. The third kappa shape index (κ3) is 5.00. The summed E-state index contributed by atoms with van der Waals surface area (Å²) in [6, 6.07) is 63.5. The third-order valence-corrected chi connectivity index (χ3v) is 13.7. The molecule has 4 atom stereocenters. The van der Waals surface area contributed by atoms with Crippen LogP contribution in [-0.2, 0) is 5.41 Å². The van der Waals surface area contributed by atoms with Gasteiger partial charge in [-0.15, -0.1) is 0 Å². The van der Waals surface area contributed by atoms with Crippen molar-refractivity contribution in [3.05, 3.63) is 181 Å². The second kappa shape index (κ2) is 12.9. The predicted molar refractivity (Wildman–Crippen MR) is 231 cm³/mol. The quantitative estimate of drug-likeness (QED) is 0.167. The lowest BCUT2D eigenvalue weighted by molar-refractivity contribution is 0.0778. The van der Waals surface area contributed by atoms with E-state index in [1.54, 1.807) is 11.1 Å². The van der Waals surface area contributed by atoms with Crippen molar-refractivity contribution in [2.45, 2.75) is 50.9 Å². The van der Waals surface area contributed by atoms with Crippen LogP contribution in [0.15, 0.2) is 170 Å². The number of rotatable bonds is 6. The zero-order valence-electron chi connectivity index (χ0n) is 31.5. The van der Waals surface area contributed by atoms with Crippen molar-refractivity contribution >= 4 is 38.9 Å². The van der Waals surface area contributed by atoms with E-state index in [1.807, 2.05) is 0 Å². The molecule has 0 radical (unpaired) electrons. The zero-order valence-corrected chi connectivity index (χ0v) is 31.5. The molecule has 268 valence electrons. The van der Waals surface area contributed by atoms with E-state index in [9.17, 15) is 0 Å². The van der Waals surface area contributed by atoms with Gasteiger partial charge in [-0.25, -0.2) is 0 Å². The number of anilines is 3. The number of hydrogen-bond acceptors (Lipinski definition) is 1. The lowest BCUT2D eigenvalue weighted by atomic mass is 9.53. The molecule has 11 rings (SSSR count). The summed E-state index contributed by atoms with van der Waals surface area (Å²) in [5.74, 6) is 2.40. The predicted octanol–water partition coefficient (Wildman–Crippen LogP) is 14.4. The summed E-state index contributed by atoms with van der Waals surface area (Å²) >= 11 is 0. The van der Waals surface area contributed by atoms with E-state index in [2.05, 4.69) is 186 Å². The molecule has 3 aliphatic rings. The maximum absolute atomic E-state index is 2.53. The molecule has 0 N–H and O–H groups in total. The largest absolute Gasteiger partial charge is 0.310 e. The van der Waals surface area contributed by atoms with Crippen molar-refractivity contribution in [1.29, 1.82) is 0 Å². The second-order valence-corrected chi connectivity index (χ2v) is 16.4. The highest BCUT2D eigenvalue weighted by Crippen LogP contribution is 2.64. The van der Waals surface area contributed by atoms with Crippen molar-refractivity contribution in [2.24, 2.45) is 17.8 Å². The first-order valence-corrected chi connectivity index (χ1v) is 20.5. The van der Waals surface area contributed by atoms with Crippen molar-refractivity contribution in [2.75, 3.05) is 4.90 Å². The minimum atomic E-state index is 0.0789. The maximum atomic E-state index is 2.53. The summed E-state index contributed by atoms with van der Waals surface area (Å²) < 4.78 is 2.41. The lowest BCUT2D eigenvalue weighted by Crippen LogP contribution is -2.44. The zero-order chi connectivity index (χ0) is 36.5. The molecule has 0 amide bonds. The molecular formula is C53H46N2. The van der Waals surface area contributed by atoms with Gasteiger partial charge in [0.15, 0.2) is 0 Å².